The lowest BCUT2D eigenvalue weighted by atomic mass is 10.2. The first-order valence-electron chi connectivity index (χ1n) is 27.5. The summed E-state index contributed by atoms with van der Waals surface area (Å²) in [5, 5.41) is 82.7. The van der Waals surface area contributed by atoms with Crippen LogP contribution in [0.3, 0.4) is 0 Å². The van der Waals surface area contributed by atoms with Crippen molar-refractivity contribution in [1.82, 2.24) is 34.9 Å². The molecule has 7 aromatic heterocycles. The topological polar surface area (TPSA) is 416 Å². The number of nitrogens with one attached hydrogen (secondary N) is 2. The molecule has 0 radical (unpaired) electrons. The Hall–Kier alpha value is -9.88. The Bertz CT molecular complexity index is 3310. The molecule has 0 unspecified atom stereocenters. The standard InChI is InChI=1S/C17H22N6O2.C17H16N4O2.C11H14N2O2.C6H3ClN2.C6H3FN2.C5H12O2.2ClH/c18-16(19)14-5-4-13(11-23-14)25-9-3-1-2-8-24-12-6-7-22-15(10-12)17(20)21;18-11-14-4-5-17(13-21-14)23-9-3-1-2-8-22-16-6-7-20-15(10-16)12-19;12-9-10-8-11(4-5-13-10)15-7-3-1-2-6-14;7-5-1-2-9-6(3-5)4-8;7-5-1-2-6(3-8)9-4-5;6-4-2-1-3-5-7;;/h4-7,10-11H,1-3,8-9H2,(H3,18,19)(H3,20,21);4-7,10,13H,1-3,8-9H2;4-5,8,14H,1-3,6-7H2;1-3H;1-2,4H;6-7H,1-5H2;2*1H. The summed E-state index contributed by atoms with van der Waals surface area (Å²) in [5.41, 5.74) is 13.3. The molecule has 0 spiro atoms. The summed E-state index contributed by atoms with van der Waals surface area (Å²) < 4.78 is 39.8. The number of hydrogen-bond donors (Lipinski definition) is 7. The molecule has 476 valence electrons. The molecule has 28 heteroatoms. The molecule has 7 rings (SSSR count). The number of aliphatic hydroxyl groups excluding tert-OH is 3. The average Bonchev–Trinajstić information content (AvgIpc) is 3.77. The number of aromatic nitrogens is 7. The van der Waals surface area contributed by atoms with Crippen molar-refractivity contribution in [3.05, 3.63) is 179 Å². The number of hydrogen-bond acceptors (Lipinski definition) is 22. The zero-order valence-corrected chi connectivity index (χ0v) is 51.6. The average molecular weight is 1290 g/mol. The summed E-state index contributed by atoms with van der Waals surface area (Å²) in [6.45, 7) is 3.69. The molecule has 90 heavy (non-hydrogen) atoms. The molecule has 7 aromatic rings. The van der Waals surface area contributed by atoms with Crippen LogP contribution in [0.4, 0.5) is 4.39 Å². The van der Waals surface area contributed by atoms with Crippen molar-refractivity contribution in [2.75, 3.05) is 52.9 Å². The van der Waals surface area contributed by atoms with E-state index >= 15 is 0 Å². The number of amidine groups is 2. The van der Waals surface area contributed by atoms with Gasteiger partial charge in [-0.15, -0.1) is 24.8 Å². The smallest absolute Gasteiger partial charge is 0.144 e. The molecule has 0 saturated heterocycles. The first-order chi connectivity index (χ1) is 42.8. The van der Waals surface area contributed by atoms with E-state index in [1.807, 2.05) is 24.3 Å². The van der Waals surface area contributed by atoms with Gasteiger partial charge in [-0.05, 0) is 144 Å². The molecule has 9 N–H and O–H groups in total. The van der Waals surface area contributed by atoms with E-state index in [0.29, 0.717) is 101 Å². The molecule has 0 aliphatic rings. The number of nitrogens with zero attached hydrogens (tertiary/aromatic N) is 12. The van der Waals surface area contributed by atoms with E-state index in [9.17, 15) is 4.39 Å². The largest absolute Gasteiger partial charge is 0.493 e. The number of aliphatic hydroxyl groups is 3. The molecule has 0 atom stereocenters. The predicted molar refractivity (Wildman–Crippen MR) is 339 cm³/mol. The summed E-state index contributed by atoms with van der Waals surface area (Å²) in [4.78, 5) is 26.9. The Morgan fingerprint density at radius 2 is 0.756 bits per heavy atom. The third-order valence-electron chi connectivity index (χ3n) is 10.8. The van der Waals surface area contributed by atoms with Crippen molar-refractivity contribution in [2.24, 2.45) is 11.5 Å². The molecule has 24 nitrogen and oxygen atoms in total. The number of rotatable bonds is 28. The van der Waals surface area contributed by atoms with E-state index in [1.165, 1.54) is 24.4 Å². The van der Waals surface area contributed by atoms with Crippen molar-refractivity contribution in [2.45, 2.75) is 77.0 Å². The van der Waals surface area contributed by atoms with Crippen LogP contribution in [0.25, 0.3) is 0 Å². The Labute approximate surface area is 540 Å². The van der Waals surface area contributed by atoms with Crippen LogP contribution in [-0.2, 0) is 0 Å². The van der Waals surface area contributed by atoms with Crippen molar-refractivity contribution in [1.29, 1.82) is 37.1 Å². The highest BCUT2D eigenvalue weighted by Crippen LogP contribution is 2.16. The molecule has 0 amide bonds. The highest BCUT2D eigenvalue weighted by Gasteiger charge is 2.04. The number of unbranched alkanes of at least 4 members (excludes halogenated alkanes) is 8. The molecule has 0 bridgehead atoms. The van der Waals surface area contributed by atoms with Gasteiger partial charge in [-0.25, -0.2) is 34.3 Å². The van der Waals surface area contributed by atoms with Gasteiger partial charge in [-0.2, -0.15) is 26.3 Å². The second-order valence-corrected chi connectivity index (χ2v) is 18.1. The third-order valence-corrected chi connectivity index (χ3v) is 11.0. The van der Waals surface area contributed by atoms with E-state index in [-0.39, 0.29) is 62.0 Å². The summed E-state index contributed by atoms with van der Waals surface area (Å²) in [6, 6.07) is 32.1. The molecular formula is C62H72Cl3FN16O8. The van der Waals surface area contributed by atoms with Crippen molar-refractivity contribution in [3.63, 3.8) is 0 Å². The molecule has 0 fully saturated rings. The number of nitrogen functional groups attached to an aromatic ring is 2. The van der Waals surface area contributed by atoms with Crippen LogP contribution in [-0.4, -0.2) is 115 Å². The van der Waals surface area contributed by atoms with Gasteiger partial charge in [0.15, 0.2) is 0 Å². The van der Waals surface area contributed by atoms with Gasteiger partial charge in [0.05, 0.1) is 51.6 Å². The summed E-state index contributed by atoms with van der Waals surface area (Å²) in [6.07, 6.45) is 21.1. The third kappa shape index (κ3) is 39.0. The van der Waals surface area contributed by atoms with Crippen molar-refractivity contribution in [3.8, 4) is 59.1 Å². The van der Waals surface area contributed by atoms with Crippen LogP contribution >= 0.6 is 36.4 Å². The van der Waals surface area contributed by atoms with Crippen LogP contribution in [0, 0.1) is 73.3 Å². The minimum atomic E-state index is -0.422. The van der Waals surface area contributed by atoms with Gasteiger partial charge in [0, 0.05) is 67.8 Å². The quantitative estimate of drug-likeness (QED) is 0.0136. The van der Waals surface area contributed by atoms with E-state index in [0.717, 1.165) is 83.2 Å². The summed E-state index contributed by atoms with van der Waals surface area (Å²) in [7, 11) is 0. The fraction of sp³-hybridized carbons (Fsp3) is 0.323. The Morgan fingerprint density at radius 3 is 1.11 bits per heavy atom. The highest BCUT2D eigenvalue weighted by molar-refractivity contribution is 6.30. The minimum Gasteiger partial charge on any atom is -0.493 e. The lowest BCUT2D eigenvalue weighted by molar-refractivity contribution is 0.257. The molecular weight excluding hydrogens is 1220 g/mol. The maximum absolute atomic E-state index is 12.1. The van der Waals surface area contributed by atoms with E-state index < -0.39 is 5.82 Å². The van der Waals surface area contributed by atoms with Gasteiger partial charge < -0.3 is 50.5 Å². The Balaban J connectivity index is 0.00000111. The van der Waals surface area contributed by atoms with E-state index in [4.69, 9.17) is 99.2 Å². The molecule has 7 heterocycles. The number of nitrogens with two attached hydrogens (primary N) is 2. The van der Waals surface area contributed by atoms with Gasteiger partial charge in [-0.3, -0.25) is 15.8 Å². The number of ether oxygens (including phenoxy) is 5. The SMILES string of the molecule is Cl.Cl.N#Cc1cc(Cl)ccn1.N#Cc1cc(OCCCCCO)ccn1.N#Cc1ccc(F)cn1.N#Cc1ccc(OCCCCCOc2ccnc(C#N)c2)cn1.N=C(N)c1ccc(OCCCCCOc2ccnc(C(=N)N)c2)cn1.OCCCCCO. The fourth-order valence-electron chi connectivity index (χ4n) is 6.34. The Morgan fingerprint density at radius 1 is 0.400 bits per heavy atom. The van der Waals surface area contributed by atoms with Crippen LogP contribution in [0.5, 0.6) is 28.7 Å². The molecule has 0 aliphatic heterocycles. The Kier molecular flexibility index (Phi) is 46.5. The number of pyridine rings is 7. The zero-order valence-electron chi connectivity index (χ0n) is 49.2. The highest BCUT2D eigenvalue weighted by atomic mass is 35.5. The second kappa shape index (κ2) is 52.3. The zero-order chi connectivity index (χ0) is 64.2. The van der Waals surface area contributed by atoms with E-state index in [2.05, 4.69) is 34.9 Å². The van der Waals surface area contributed by atoms with Gasteiger partial charge in [-0.1, -0.05) is 11.6 Å². The first kappa shape index (κ1) is 80.1. The lowest BCUT2D eigenvalue weighted by Gasteiger charge is -2.08. The maximum atomic E-state index is 12.1. The number of halogens is 4. The summed E-state index contributed by atoms with van der Waals surface area (Å²) in [5.74, 6) is 2.77. The van der Waals surface area contributed by atoms with Crippen molar-refractivity contribution < 1.29 is 43.4 Å². The van der Waals surface area contributed by atoms with Gasteiger partial charge in [0.25, 0.3) is 0 Å². The summed E-state index contributed by atoms with van der Waals surface area (Å²) >= 11 is 5.53. The van der Waals surface area contributed by atoms with Crippen LogP contribution in [0.1, 0.15) is 117 Å². The lowest BCUT2D eigenvalue weighted by Crippen LogP contribution is -2.13. The first-order valence-corrected chi connectivity index (χ1v) is 27.9. The van der Waals surface area contributed by atoms with Gasteiger partial charge >= 0.3 is 0 Å². The van der Waals surface area contributed by atoms with E-state index in [1.54, 1.807) is 104 Å². The van der Waals surface area contributed by atoms with Crippen LogP contribution < -0.4 is 35.2 Å². The molecule has 0 saturated carbocycles. The normalized spacial score (nSPS) is 9.33. The van der Waals surface area contributed by atoms with Gasteiger partial charge in [0.2, 0.25) is 0 Å². The maximum Gasteiger partial charge on any atom is 0.144 e. The predicted octanol–water partition coefficient (Wildman–Crippen LogP) is 9.70. The fourth-order valence-corrected chi connectivity index (χ4v) is 6.50. The monoisotopic (exact) mass is 1290 g/mol. The van der Waals surface area contributed by atoms with Gasteiger partial charge in [0.1, 0.15) is 116 Å². The second-order valence-electron chi connectivity index (χ2n) is 17.7. The van der Waals surface area contributed by atoms with Crippen LogP contribution in [0.2, 0.25) is 5.02 Å². The molecule has 0 aromatic carbocycles. The number of nitriles is 5. The minimum absolute atomic E-state index is 0. The van der Waals surface area contributed by atoms with Crippen LogP contribution in [0.15, 0.2) is 128 Å². The molecule has 0 aliphatic carbocycles. The van der Waals surface area contributed by atoms with Crippen molar-refractivity contribution >= 4 is 48.1 Å².